The molecule has 3 atom stereocenters. The van der Waals surface area contributed by atoms with Crippen LogP contribution in [0.3, 0.4) is 0 Å². The summed E-state index contributed by atoms with van der Waals surface area (Å²) in [7, 11) is 0. The van der Waals surface area contributed by atoms with E-state index < -0.39 is 6.04 Å². The Morgan fingerprint density at radius 2 is 1.86 bits per heavy atom. The molecule has 3 N–H and O–H groups in total. The van der Waals surface area contributed by atoms with Crippen molar-refractivity contribution in [1.29, 1.82) is 0 Å². The third-order valence-corrected chi connectivity index (χ3v) is 5.65. The fraction of sp³-hybridized carbons (Fsp3) is 0.364. The highest BCUT2D eigenvalue weighted by Gasteiger charge is 2.33. The summed E-state index contributed by atoms with van der Waals surface area (Å²) in [5.74, 6) is 0.0742. The Balaban J connectivity index is 1.77. The van der Waals surface area contributed by atoms with E-state index >= 15 is 0 Å². The highest BCUT2D eigenvalue weighted by molar-refractivity contribution is 6.33. The van der Waals surface area contributed by atoms with Crippen LogP contribution in [0.15, 0.2) is 54.6 Å². The lowest BCUT2D eigenvalue weighted by Gasteiger charge is -2.26. The lowest BCUT2D eigenvalue weighted by Crippen LogP contribution is -2.38. The molecule has 0 aromatic heterocycles. The first-order valence-corrected chi connectivity index (χ1v) is 9.97. The molecule has 2 aromatic carbocycles. The van der Waals surface area contributed by atoms with Gasteiger partial charge < -0.3 is 16.0 Å². The topological polar surface area (TPSA) is 75.4 Å². The van der Waals surface area contributed by atoms with Crippen molar-refractivity contribution in [2.24, 2.45) is 11.7 Å². The van der Waals surface area contributed by atoms with Crippen LogP contribution in [0.25, 0.3) is 0 Å². The maximum atomic E-state index is 13.0. The van der Waals surface area contributed by atoms with E-state index in [-0.39, 0.29) is 24.3 Å². The number of benzene rings is 2. The summed E-state index contributed by atoms with van der Waals surface area (Å²) in [4.78, 5) is 27.7. The number of likely N-dealkylation sites (tertiary alicyclic amines) is 1. The molecule has 1 aliphatic heterocycles. The van der Waals surface area contributed by atoms with Crippen molar-refractivity contribution < 1.29 is 9.59 Å². The molecule has 3 rings (SSSR count). The summed E-state index contributed by atoms with van der Waals surface area (Å²) >= 11 is 6.16. The van der Waals surface area contributed by atoms with Gasteiger partial charge in [0.05, 0.1) is 23.0 Å². The van der Waals surface area contributed by atoms with Crippen molar-refractivity contribution in [2.45, 2.75) is 31.8 Å². The van der Waals surface area contributed by atoms with Crippen LogP contribution in [0.1, 0.15) is 41.7 Å². The number of rotatable bonds is 6. The van der Waals surface area contributed by atoms with Gasteiger partial charge in [-0.25, -0.2) is 0 Å². The van der Waals surface area contributed by atoms with Gasteiger partial charge in [-0.05, 0) is 43.5 Å². The Kier molecular flexibility index (Phi) is 6.70. The molecule has 0 bridgehead atoms. The van der Waals surface area contributed by atoms with E-state index in [9.17, 15) is 9.59 Å². The predicted octanol–water partition coefficient (Wildman–Crippen LogP) is 3.40. The number of hydrogen-bond acceptors (Lipinski definition) is 3. The Morgan fingerprint density at radius 1 is 1.18 bits per heavy atom. The fourth-order valence-electron chi connectivity index (χ4n) is 3.77. The van der Waals surface area contributed by atoms with Crippen molar-refractivity contribution in [3.63, 3.8) is 0 Å². The van der Waals surface area contributed by atoms with E-state index in [1.165, 1.54) is 0 Å². The molecule has 28 heavy (non-hydrogen) atoms. The summed E-state index contributed by atoms with van der Waals surface area (Å²) < 4.78 is 0. The molecule has 2 amide bonds. The largest absolute Gasteiger partial charge is 0.345 e. The minimum Gasteiger partial charge on any atom is -0.345 e. The van der Waals surface area contributed by atoms with Gasteiger partial charge in [-0.2, -0.15) is 0 Å². The van der Waals surface area contributed by atoms with Gasteiger partial charge in [-0.3, -0.25) is 9.59 Å². The lowest BCUT2D eigenvalue weighted by atomic mass is 10.0. The van der Waals surface area contributed by atoms with Crippen LogP contribution in [0.5, 0.6) is 0 Å². The number of nitrogens with two attached hydrogens (primary N) is 1. The Morgan fingerprint density at radius 3 is 2.50 bits per heavy atom. The molecule has 0 aliphatic carbocycles. The number of nitrogens with one attached hydrogen (secondary N) is 1. The first-order chi connectivity index (χ1) is 13.5. The van der Waals surface area contributed by atoms with Crippen LogP contribution >= 0.6 is 11.6 Å². The second kappa shape index (κ2) is 9.22. The highest BCUT2D eigenvalue weighted by atomic mass is 35.5. The fourth-order valence-corrected chi connectivity index (χ4v) is 3.99. The summed E-state index contributed by atoms with van der Waals surface area (Å²) in [5.41, 5.74) is 7.07. The highest BCUT2D eigenvalue weighted by Crippen LogP contribution is 2.26. The average molecular weight is 400 g/mol. The Bertz CT molecular complexity index is 828. The number of nitrogens with zero attached hydrogens (tertiary/aromatic N) is 1. The second-order valence-corrected chi connectivity index (χ2v) is 7.76. The second-order valence-electron chi connectivity index (χ2n) is 7.35. The SMILES string of the molecule is CC1CC(CN)CN1C(=O)CC(NC(=O)c1ccccc1Cl)c1ccccc1. The molecule has 0 spiro atoms. The molecule has 0 saturated carbocycles. The van der Waals surface area contributed by atoms with Crippen LogP contribution in [-0.2, 0) is 4.79 Å². The van der Waals surface area contributed by atoms with Crippen molar-refractivity contribution in [1.82, 2.24) is 10.2 Å². The van der Waals surface area contributed by atoms with Gasteiger partial charge in [0.25, 0.3) is 5.91 Å². The van der Waals surface area contributed by atoms with Gasteiger partial charge in [0, 0.05) is 12.6 Å². The predicted molar refractivity (Wildman–Crippen MR) is 111 cm³/mol. The van der Waals surface area contributed by atoms with E-state index in [2.05, 4.69) is 5.32 Å². The van der Waals surface area contributed by atoms with Gasteiger partial charge in [-0.15, -0.1) is 0 Å². The third-order valence-electron chi connectivity index (χ3n) is 5.32. The molecule has 3 unspecified atom stereocenters. The van der Waals surface area contributed by atoms with E-state index in [1.54, 1.807) is 24.3 Å². The van der Waals surface area contributed by atoms with Gasteiger partial charge in [-0.1, -0.05) is 54.1 Å². The maximum Gasteiger partial charge on any atom is 0.253 e. The summed E-state index contributed by atoms with van der Waals surface area (Å²) in [6, 6.07) is 16.2. The first-order valence-electron chi connectivity index (χ1n) is 9.59. The van der Waals surface area contributed by atoms with E-state index in [0.29, 0.717) is 29.6 Å². The van der Waals surface area contributed by atoms with Gasteiger partial charge in [0.2, 0.25) is 5.91 Å². The minimum absolute atomic E-state index is 0.0248. The Hall–Kier alpha value is -2.37. The van der Waals surface area contributed by atoms with Crippen molar-refractivity contribution in [2.75, 3.05) is 13.1 Å². The van der Waals surface area contributed by atoms with E-state index in [0.717, 1.165) is 12.0 Å². The third kappa shape index (κ3) is 4.72. The monoisotopic (exact) mass is 399 g/mol. The molecule has 1 heterocycles. The van der Waals surface area contributed by atoms with E-state index in [4.69, 9.17) is 17.3 Å². The number of carbonyl (C=O) groups excluding carboxylic acids is 2. The molecule has 6 heteroatoms. The summed E-state index contributed by atoms with van der Waals surface area (Å²) in [6.07, 6.45) is 1.12. The zero-order chi connectivity index (χ0) is 20.1. The smallest absolute Gasteiger partial charge is 0.253 e. The quantitative estimate of drug-likeness (QED) is 0.781. The average Bonchev–Trinajstić information content (AvgIpc) is 3.09. The van der Waals surface area contributed by atoms with Crippen molar-refractivity contribution in [3.8, 4) is 0 Å². The normalized spacial score (nSPS) is 20.0. The molecule has 1 saturated heterocycles. The van der Waals surface area contributed by atoms with Gasteiger partial charge in [0.1, 0.15) is 0 Å². The van der Waals surface area contributed by atoms with Crippen molar-refractivity contribution in [3.05, 3.63) is 70.7 Å². The molecule has 5 nitrogen and oxygen atoms in total. The molecular weight excluding hydrogens is 374 g/mol. The van der Waals surface area contributed by atoms with Crippen LogP contribution in [-0.4, -0.2) is 35.8 Å². The number of hydrogen-bond donors (Lipinski definition) is 2. The van der Waals surface area contributed by atoms with Crippen molar-refractivity contribution >= 4 is 23.4 Å². The zero-order valence-electron chi connectivity index (χ0n) is 16.0. The molecular formula is C22H26ClN3O2. The van der Waals surface area contributed by atoms with Crippen LogP contribution in [0, 0.1) is 5.92 Å². The standard InChI is InChI=1S/C22H26ClN3O2/c1-15-11-16(13-24)14-26(15)21(27)12-20(17-7-3-2-4-8-17)25-22(28)18-9-5-6-10-19(18)23/h2-10,15-16,20H,11-14,24H2,1H3,(H,25,28). The lowest BCUT2D eigenvalue weighted by molar-refractivity contribution is -0.132. The molecule has 1 fully saturated rings. The Labute approximate surface area is 170 Å². The van der Waals surface area contributed by atoms with Crippen LogP contribution < -0.4 is 11.1 Å². The zero-order valence-corrected chi connectivity index (χ0v) is 16.7. The van der Waals surface area contributed by atoms with Crippen LogP contribution in [0.2, 0.25) is 5.02 Å². The summed E-state index contributed by atoms with van der Waals surface area (Å²) in [5, 5.41) is 3.38. The van der Waals surface area contributed by atoms with Gasteiger partial charge in [0.15, 0.2) is 0 Å². The number of halogens is 1. The molecule has 0 radical (unpaired) electrons. The molecule has 1 aliphatic rings. The van der Waals surface area contributed by atoms with E-state index in [1.807, 2.05) is 42.2 Å². The van der Waals surface area contributed by atoms with Gasteiger partial charge >= 0.3 is 0 Å². The number of carbonyl (C=O) groups is 2. The molecule has 148 valence electrons. The number of amides is 2. The van der Waals surface area contributed by atoms with Crippen LogP contribution in [0.4, 0.5) is 0 Å². The summed E-state index contributed by atoms with van der Waals surface area (Å²) in [6.45, 7) is 3.31. The maximum absolute atomic E-state index is 13.0. The minimum atomic E-state index is -0.429. The molecule has 2 aromatic rings. The first kappa shape index (κ1) is 20.4.